The normalized spacial score (nSPS) is 13.1. The number of nitro benzene ring substituents is 1. The minimum absolute atomic E-state index is 0.00919. The quantitative estimate of drug-likeness (QED) is 0.358. The van der Waals surface area contributed by atoms with Gasteiger partial charge in [0.2, 0.25) is 0 Å². The van der Waals surface area contributed by atoms with Gasteiger partial charge in [-0.3, -0.25) is 10.1 Å². The fourth-order valence-corrected chi connectivity index (χ4v) is 3.68. The summed E-state index contributed by atoms with van der Waals surface area (Å²) in [7, 11) is 0. The fraction of sp³-hybridized carbons (Fsp3) is 0.136. The number of nitrogens with zero attached hydrogens (tertiary/aromatic N) is 5. The van der Waals surface area contributed by atoms with E-state index in [4.69, 9.17) is 4.52 Å². The molecule has 0 spiro atoms. The second kappa shape index (κ2) is 7.60. The summed E-state index contributed by atoms with van der Waals surface area (Å²) in [5.41, 5.74) is 3.83. The van der Waals surface area contributed by atoms with Crippen LogP contribution in [0.25, 0.3) is 22.6 Å². The molecule has 0 saturated carbocycles. The molecule has 0 N–H and O–H groups in total. The second-order valence-corrected chi connectivity index (χ2v) is 7.20. The zero-order chi connectivity index (χ0) is 21.4. The van der Waals surface area contributed by atoms with E-state index in [9.17, 15) is 14.5 Å². The van der Waals surface area contributed by atoms with Gasteiger partial charge in [0, 0.05) is 35.4 Å². The van der Waals surface area contributed by atoms with Gasteiger partial charge in [0.1, 0.15) is 11.5 Å². The SMILES string of the molecule is O=[N+]([O-])c1cccc(-c2ccc(N3CCc4c(noc4-c4ccc(F)cc4)C3)nn2)c1. The molecule has 4 aromatic rings. The lowest BCUT2D eigenvalue weighted by Crippen LogP contribution is -2.31. The highest BCUT2D eigenvalue weighted by molar-refractivity contribution is 5.64. The lowest BCUT2D eigenvalue weighted by Gasteiger charge is -2.26. The van der Waals surface area contributed by atoms with Crippen molar-refractivity contribution in [1.29, 1.82) is 0 Å². The highest BCUT2D eigenvalue weighted by Crippen LogP contribution is 2.32. The number of hydrogen-bond donors (Lipinski definition) is 0. The van der Waals surface area contributed by atoms with Crippen LogP contribution in [-0.2, 0) is 13.0 Å². The number of anilines is 1. The summed E-state index contributed by atoms with van der Waals surface area (Å²) >= 11 is 0. The zero-order valence-electron chi connectivity index (χ0n) is 16.2. The van der Waals surface area contributed by atoms with Gasteiger partial charge in [-0.25, -0.2) is 4.39 Å². The van der Waals surface area contributed by atoms with Gasteiger partial charge in [0.05, 0.1) is 17.2 Å². The predicted molar refractivity (Wildman–Crippen MR) is 111 cm³/mol. The fourth-order valence-electron chi connectivity index (χ4n) is 3.68. The minimum atomic E-state index is -0.436. The molecule has 2 aromatic carbocycles. The Balaban J connectivity index is 1.36. The topological polar surface area (TPSA) is 98.2 Å². The van der Waals surface area contributed by atoms with E-state index in [0.29, 0.717) is 42.3 Å². The van der Waals surface area contributed by atoms with Crippen LogP contribution in [0, 0.1) is 15.9 Å². The molecule has 0 radical (unpaired) electrons. The Morgan fingerprint density at radius 3 is 2.61 bits per heavy atom. The van der Waals surface area contributed by atoms with Crippen molar-refractivity contribution in [2.75, 3.05) is 11.4 Å². The van der Waals surface area contributed by atoms with Crippen LogP contribution >= 0.6 is 0 Å². The molecule has 0 aliphatic carbocycles. The average Bonchev–Trinajstić information content (AvgIpc) is 3.23. The van der Waals surface area contributed by atoms with Gasteiger partial charge in [0.25, 0.3) is 5.69 Å². The number of fused-ring (bicyclic) bond motifs is 1. The molecular weight excluding hydrogens is 401 g/mol. The number of rotatable bonds is 4. The molecule has 1 aliphatic rings. The third-order valence-corrected chi connectivity index (χ3v) is 5.28. The maximum absolute atomic E-state index is 13.2. The van der Waals surface area contributed by atoms with Crippen LogP contribution in [0.1, 0.15) is 11.3 Å². The highest BCUT2D eigenvalue weighted by atomic mass is 19.1. The van der Waals surface area contributed by atoms with Crippen molar-refractivity contribution in [1.82, 2.24) is 15.4 Å². The van der Waals surface area contributed by atoms with E-state index in [1.807, 2.05) is 11.0 Å². The maximum atomic E-state index is 13.2. The summed E-state index contributed by atoms with van der Waals surface area (Å²) in [4.78, 5) is 12.6. The Bertz CT molecular complexity index is 1260. The van der Waals surface area contributed by atoms with Crippen LogP contribution in [-0.4, -0.2) is 26.8 Å². The second-order valence-electron chi connectivity index (χ2n) is 7.20. The maximum Gasteiger partial charge on any atom is 0.270 e. The summed E-state index contributed by atoms with van der Waals surface area (Å²) in [5, 5.41) is 23.7. The number of benzene rings is 2. The van der Waals surface area contributed by atoms with Crippen LogP contribution in [0.15, 0.2) is 65.2 Å². The summed E-state index contributed by atoms with van der Waals surface area (Å²) < 4.78 is 18.7. The Labute approximate surface area is 176 Å². The Hall–Kier alpha value is -4.14. The molecule has 1 aliphatic heterocycles. The van der Waals surface area contributed by atoms with Crippen LogP contribution < -0.4 is 4.90 Å². The van der Waals surface area contributed by atoms with E-state index in [2.05, 4.69) is 15.4 Å². The van der Waals surface area contributed by atoms with Gasteiger partial charge >= 0.3 is 0 Å². The minimum Gasteiger partial charge on any atom is -0.356 e. The first-order valence-electron chi connectivity index (χ1n) is 9.65. The average molecular weight is 417 g/mol. The molecule has 5 rings (SSSR count). The molecular formula is C22H16FN5O3. The van der Waals surface area contributed by atoms with Gasteiger partial charge in [-0.05, 0) is 42.8 Å². The molecule has 0 amide bonds. The van der Waals surface area contributed by atoms with Gasteiger partial charge in [-0.2, -0.15) is 0 Å². The first-order valence-corrected chi connectivity index (χ1v) is 9.65. The van der Waals surface area contributed by atoms with E-state index in [0.717, 1.165) is 16.8 Å². The van der Waals surface area contributed by atoms with Crippen molar-refractivity contribution in [2.24, 2.45) is 0 Å². The monoisotopic (exact) mass is 417 g/mol. The standard InChI is InChI=1S/C22H16FN5O3/c23-16-6-4-14(5-7-16)22-18-10-11-27(13-20(18)26-31-22)21-9-8-19(24-25-21)15-2-1-3-17(12-15)28(29)30/h1-9,12H,10-11,13H2. The van der Waals surface area contributed by atoms with Crippen molar-refractivity contribution >= 4 is 11.5 Å². The summed E-state index contributed by atoms with van der Waals surface area (Å²) in [6, 6.07) is 16.1. The smallest absolute Gasteiger partial charge is 0.270 e. The third kappa shape index (κ3) is 3.61. The Morgan fingerprint density at radius 2 is 1.87 bits per heavy atom. The molecule has 0 saturated heterocycles. The van der Waals surface area contributed by atoms with E-state index in [1.54, 1.807) is 30.3 Å². The lowest BCUT2D eigenvalue weighted by atomic mass is 10.0. The lowest BCUT2D eigenvalue weighted by molar-refractivity contribution is -0.384. The van der Waals surface area contributed by atoms with Crippen LogP contribution in [0.4, 0.5) is 15.9 Å². The van der Waals surface area contributed by atoms with Crippen molar-refractivity contribution in [3.8, 4) is 22.6 Å². The van der Waals surface area contributed by atoms with Crippen molar-refractivity contribution in [3.63, 3.8) is 0 Å². The number of halogens is 1. The third-order valence-electron chi connectivity index (χ3n) is 5.28. The summed E-state index contributed by atoms with van der Waals surface area (Å²) in [6.45, 7) is 1.22. The van der Waals surface area contributed by atoms with Crippen LogP contribution in [0.3, 0.4) is 0 Å². The molecule has 0 atom stereocenters. The number of hydrogen-bond acceptors (Lipinski definition) is 7. The molecule has 0 fully saturated rings. The molecule has 0 unspecified atom stereocenters. The van der Waals surface area contributed by atoms with E-state index in [-0.39, 0.29) is 11.5 Å². The Morgan fingerprint density at radius 1 is 1.03 bits per heavy atom. The van der Waals surface area contributed by atoms with Crippen molar-refractivity contribution in [2.45, 2.75) is 13.0 Å². The van der Waals surface area contributed by atoms with Crippen molar-refractivity contribution < 1.29 is 13.8 Å². The molecule has 3 heterocycles. The molecule has 154 valence electrons. The first kappa shape index (κ1) is 18.9. The molecule has 8 nitrogen and oxygen atoms in total. The number of nitro groups is 1. The first-order chi connectivity index (χ1) is 15.1. The molecule has 2 aromatic heterocycles. The van der Waals surface area contributed by atoms with Gasteiger partial charge in [0.15, 0.2) is 11.6 Å². The van der Waals surface area contributed by atoms with Crippen LogP contribution in [0.2, 0.25) is 0 Å². The van der Waals surface area contributed by atoms with Gasteiger partial charge < -0.3 is 9.42 Å². The highest BCUT2D eigenvalue weighted by Gasteiger charge is 2.25. The summed E-state index contributed by atoms with van der Waals surface area (Å²) in [6.07, 6.45) is 0.708. The molecule has 9 heteroatoms. The van der Waals surface area contributed by atoms with Gasteiger partial charge in [-0.1, -0.05) is 17.3 Å². The van der Waals surface area contributed by atoms with E-state index < -0.39 is 4.92 Å². The zero-order valence-corrected chi connectivity index (χ0v) is 16.2. The van der Waals surface area contributed by atoms with Crippen molar-refractivity contribution in [3.05, 3.63) is 87.9 Å². The largest absolute Gasteiger partial charge is 0.356 e. The Kier molecular flexibility index (Phi) is 4.62. The van der Waals surface area contributed by atoms with E-state index >= 15 is 0 Å². The molecule has 0 bridgehead atoms. The number of non-ortho nitro benzene ring substituents is 1. The molecule has 31 heavy (non-hydrogen) atoms. The summed E-state index contributed by atoms with van der Waals surface area (Å²) in [5.74, 6) is 1.06. The van der Waals surface area contributed by atoms with E-state index in [1.165, 1.54) is 24.3 Å². The predicted octanol–water partition coefficient (Wildman–Crippen LogP) is 4.41. The van der Waals surface area contributed by atoms with Crippen LogP contribution in [0.5, 0.6) is 0 Å². The van der Waals surface area contributed by atoms with Gasteiger partial charge in [-0.15, -0.1) is 10.2 Å². The number of aromatic nitrogens is 3.